The monoisotopic (exact) mass is 360 g/mol. The average molecular weight is 361 g/mol. The van der Waals surface area contributed by atoms with Gasteiger partial charge >= 0.3 is 5.97 Å². The van der Waals surface area contributed by atoms with Crippen molar-refractivity contribution < 1.29 is 14.3 Å². The molecule has 1 N–H and O–H groups in total. The molecule has 22 heavy (non-hydrogen) atoms. The fraction of sp³-hybridized carbons (Fsp3) is 0. The molecule has 0 aliphatic carbocycles. The number of hydrogen-bond donors (Lipinski definition) is 1. The maximum Gasteiger partial charge on any atom is 0.354 e. The number of aromatic nitrogens is 2. The number of carboxylic acids is 1. The number of benzene rings is 2. The summed E-state index contributed by atoms with van der Waals surface area (Å²) in [6, 6.07) is 14.4. The Bertz CT molecular complexity index is 826. The summed E-state index contributed by atoms with van der Waals surface area (Å²) in [5.41, 5.74) is 1.80. The number of halogens is 2. The van der Waals surface area contributed by atoms with Crippen LogP contribution in [0.15, 0.2) is 59.1 Å². The van der Waals surface area contributed by atoms with Gasteiger partial charge in [-0.2, -0.15) is 5.10 Å². The molecule has 0 bridgehead atoms. The minimum atomic E-state index is -1.08. The highest BCUT2D eigenvalue weighted by atomic mass is 79.9. The van der Waals surface area contributed by atoms with Crippen LogP contribution < -0.4 is 0 Å². The summed E-state index contributed by atoms with van der Waals surface area (Å²) in [5, 5.41) is 13.7. The van der Waals surface area contributed by atoms with Crippen molar-refractivity contribution in [2.24, 2.45) is 0 Å². The van der Waals surface area contributed by atoms with Crippen LogP contribution >= 0.6 is 15.9 Å². The van der Waals surface area contributed by atoms with Gasteiger partial charge in [0.1, 0.15) is 5.82 Å². The van der Waals surface area contributed by atoms with E-state index in [0.29, 0.717) is 16.9 Å². The van der Waals surface area contributed by atoms with Crippen molar-refractivity contribution in [1.82, 2.24) is 9.78 Å². The molecule has 3 rings (SSSR count). The molecule has 0 amide bonds. The molecule has 1 aromatic heterocycles. The largest absolute Gasteiger partial charge is 0.477 e. The van der Waals surface area contributed by atoms with Crippen molar-refractivity contribution in [3.63, 3.8) is 0 Å². The average Bonchev–Trinajstić information content (AvgIpc) is 2.94. The molecular weight excluding hydrogens is 351 g/mol. The van der Waals surface area contributed by atoms with E-state index in [1.807, 2.05) is 0 Å². The number of rotatable bonds is 3. The predicted octanol–water partition coefficient (Wildman–Crippen LogP) is 4.14. The standard InChI is InChI=1S/C16H10BrFN2O2/c17-11-3-7-13(8-4-11)20-15(16(21)22)9-14(19-20)10-1-5-12(18)6-2-10/h1-9H,(H,21,22). The van der Waals surface area contributed by atoms with Crippen LogP contribution in [0.5, 0.6) is 0 Å². The van der Waals surface area contributed by atoms with E-state index in [9.17, 15) is 14.3 Å². The van der Waals surface area contributed by atoms with Crippen LogP contribution in [0.3, 0.4) is 0 Å². The van der Waals surface area contributed by atoms with E-state index < -0.39 is 5.97 Å². The summed E-state index contributed by atoms with van der Waals surface area (Å²) in [4.78, 5) is 11.4. The first kappa shape index (κ1) is 14.5. The summed E-state index contributed by atoms with van der Waals surface area (Å²) in [7, 11) is 0. The second-order valence-corrected chi connectivity index (χ2v) is 5.53. The zero-order valence-electron chi connectivity index (χ0n) is 11.2. The Labute approximate surface area is 134 Å². The Balaban J connectivity index is 2.11. The fourth-order valence-electron chi connectivity index (χ4n) is 2.07. The zero-order valence-corrected chi connectivity index (χ0v) is 12.8. The molecular formula is C16H10BrFN2O2. The molecule has 0 atom stereocenters. The van der Waals surface area contributed by atoms with Crippen molar-refractivity contribution in [3.8, 4) is 16.9 Å². The third-order valence-electron chi connectivity index (χ3n) is 3.14. The van der Waals surface area contributed by atoms with Crippen LogP contribution in [0.4, 0.5) is 4.39 Å². The Morgan fingerprint density at radius 3 is 2.32 bits per heavy atom. The van der Waals surface area contributed by atoms with Gasteiger partial charge in [-0.25, -0.2) is 13.9 Å². The normalized spacial score (nSPS) is 10.6. The van der Waals surface area contributed by atoms with Crippen molar-refractivity contribution in [2.45, 2.75) is 0 Å². The molecule has 0 fully saturated rings. The van der Waals surface area contributed by atoms with E-state index in [-0.39, 0.29) is 11.5 Å². The Kier molecular flexibility index (Phi) is 3.77. The zero-order chi connectivity index (χ0) is 15.7. The van der Waals surface area contributed by atoms with Crippen LogP contribution in [0.2, 0.25) is 0 Å². The third-order valence-corrected chi connectivity index (χ3v) is 3.67. The number of carboxylic acid groups (broad SMARTS) is 1. The quantitative estimate of drug-likeness (QED) is 0.763. The van der Waals surface area contributed by atoms with Gasteiger partial charge in [-0.3, -0.25) is 0 Å². The maximum absolute atomic E-state index is 13.0. The van der Waals surface area contributed by atoms with E-state index >= 15 is 0 Å². The SMILES string of the molecule is O=C(O)c1cc(-c2ccc(F)cc2)nn1-c1ccc(Br)cc1. The summed E-state index contributed by atoms with van der Waals surface area (Å²) in [6.07, 6.45) is 0. The van der Waals surface area contributed by atoms with Gasteiger partial charge in [0.25, 0.3) is 0 Å². The van der Waals surface area contributed by atoms with Crippen LogP contribution in [0.1, 0.15) is 10.5 Å². The lowest BCUT2D eigenvalue weighted by Crippen LogP contribution is -2.07. The smallest absolute Gasteiger partial charge is 0.354 e. The molecule has 1 heterocycles. The Hall–Kier alpha value is -2.47. The van der Waals surface area contributed by atoms with Crippen molar-refractivity contribution in [1.29, 1.82) is 0 Å². The van der Waals surface area contributed by atoms with E-state index in [4.69, 9.17) is 0 Å². The number of carbonyl (C=O) groups is 1. The molecule has 0 unspecified atom stereocenters. The molecule has 2 aromatic carbocycles. The molecule has 0 aliphatic rings. The van der Waals surface area contributed by atoms with Gasteiger partial charge in [0.15, 0.2) is 5.69 Å². The van der Waals surface area contributed by atoms with Gasteiger partial charge in [-0.05, 0) is 54.6 Å². The summed E-state index contributed by atoms with van der Waals surface area (Å²) >= 11 is 3.33. The van der Waals surface area contributed by atoms with Gasteiger partial charge in [0.2, 0.25) is 0 Å². The molecule has 0 aliphatic heterocycles. The number of aromatic carboxylic acids is 1. The maximum atomic E-state index is 13.0. The minimum Gasteiger partial charge on any atom is -0.477 e. The Morgan fingerprint density at radius 2 is 1.73 bits per heavy atom. The minimum absolute atomic E-state index is 0.0432. The van der Waals surface area contributed by atoms with Gasteiger partial charge < -0.3 is 5.11 Å². The molecule has 110 valence electrons. The van der Waals surface area contributed by atoms with Crippen LogP contribution in [-0.4, -0.2) is 20.9 Å². The number of nitrogens with zero attached hydrogens (tertiary/aromatic N) is 2. The van der Waals surface area contributed by atoms with Gasteiger partial charge in [0.05, 0.1) is 11.4 Å². The first-order valence-corrected chi connectivity index (χ1v) is 7.19. The van der Waals surface area contributed by atoms with E-state index in [2.05, 4.69) is 21.0 Å². The Morgan fingerprint density at radius 1 is 1.09 bits per heavy atom. The van der Waals surface area contributed by atoms with Crippen molar-refractivity contribution >= 4 is 21.9 Å². The van der Waals surface area contributed by atoms with Crippen molar-refractivity contribution in [2.75, 3.05) is 0 Å². The highest BCUT2D eigenvalue weighted by Crippen LogP contribution is 2.23. The highest BCUT2D eigenvalue weighted by molar-refractivity contribution is 9.10. The highest BCUT2D eigenvalue weighted by Gasteiger charge is 2.16. The lowest BCUT2D eigenvalue weighted by molar-refractivity contribution is 0.0687. The molecule has 0 spiro atoms. The first-order chi connectivity index (χ1) is 10.5. The van der Waals surface area contributed by atoms with Gasteiger partial charge in [-0.1, -0.05) is 15.9 Å². The lowest BCUT2D eigenvalue weighted by atomic mass is 10.1. The molecule has 0 radical (unpaired) electrons. The summed E-state index contributed by atoms with van der Waals surface area (Å²) in [6.45, 7) is 0. The first-order valence-electron chi connectivity index (χ1n) is 6.40. The third kappa shape index (κ3) is 2.78. The van der Waals surface area contributed by atoms with Crippen LogP contribution in [0, 0.1) is 5.82 Å². The molecule has 0 saturated carbocycles. The molecule has 3 aromatic rings. The van der Waals surface area contributed by atoms with E-state index in [1.165, 1.54) is 22.9 Å². The van der Waals surface area contributed by atoms with Crippen LogP contribution in [0.25, 0.3) is 16.9 Å². The van der Waals surface area contributed by atoms with Gasteiger partial charge in [0, 0.05) is 10.0 Å². The summed E-state index contributed by atoms with van der Waals surface area (Å²) in [5.74, 6) is -1.43. The lowest BCUT2D eigenvalue weighted by Gasteiger charge is -2.04. The number of hydrogen-bond acceptors (Lipinski definition) is 2. The van der Waals surface area contributed by atoms with E-state index in [0.717, 1.165) is 4.47 Å². The van der Waals surface area contributed by atoms with Crippen LogP contribution in [-0.2, 0) is 0 Å². The summed E-state index contributed by atoms with van der Waals surface area (Å²) < 4.78 is 15.2. The second-order valence-electron chi connectivity index (χ2n) is 4.62. The topological polar surface area (TPSA) is 55.1 Å². The fourth-order valence-corrected chi connectivity index (χ4v) is 2.34. The molecule has 0 saturated heterocycles. The molecule has 6 heteroatoms. The second kappa shape index (κ2) is 5.73. The van der Waals surface area contributed by atoms with Gasteiger partial charge in [-0.15, -0.1) is 0 Å². The van der Waals surface area contributed by atoms with Crippen molar-refractivity contribution in [3.05, 3.63) is 70.6 Å². The molecule has 4 nitrogen and oxygen atoms in total. The predicted molar refractivity (Wildman–Crippen MR) is 83.6 cm³/mol. The van der Waals surface area contributed by atoms with E-state index in [1.54, 1.807) is 36.4 Å².